The molecule has 0 aliphatic heterocycles. The molecule has 92 valence electrons. The maximum absolute atomic E-state index is 11.8. The molecule has 0 atom stereocenters. The molecule has 1 aliphatic rings. The Morgan fingerprint density at radius 3 is 2.76 bits per heavy atom. The van der Waals surface area contributed by atoms with Crippen LogP contribution < -0.4 is 10.9 Å². The van der Waals surface area contributed by atoms with Gasteiger partial charge in [0.2, 0.25) is 0 Å². The van der Waals surface area contributed by atoms with Crippen LogP contribution in [0.2, 0.25) is 0 Å². The second-order valence-electron chi connectivity index (χ2n) is 4.85. The van der Waals surface area contributed by atoms with E-state index in [1.165, 1.54) is 0 Å². The lowest BCUT2D eigenvalue weighted by Crippen LogP contribution is -2.35. The van der Waals surface area contributed by atoms with Crippen molar-refractivity contribution in [2.45, 2.75) is 45.6 Å². The van der Waals surface area contributed by atoms with Crippen LogP contribution in [0.5, 0.6) is 0 Å². The normalized spacial score (nSPS) is 14.5. The van der Waals surface area contributed by atoms with Crippen molar-refractivity contribution in [3.05, 3.63) is 33.2 Å². The number of carbonyl (C=O) groups is 1. The van der Waals surface area contributed by atoms with E-state index < -0.39 is 0 Å². The lowest BCUT2D eigenvalue weighted by Gasteiger charge is -2.16. The minimum absolute atomic E-state index is 0.0398. The van der Waals surface area contributed by atoms with Gasteiger partial charge in [0.25, 0.3) is 11.5 Å². The summed E-state index contributed by atoms with van der Waals surface area (Å²) in [6.45, 7) is 3.76. The largest absolute Gasteiger partial charge is 0.350 e. The molecular weight excluding hydrogens is 216 g/mol. The van der Waals surface area contributed by atoms with Crippen LogP contribution in [-0.4, -0.2) is 16.9 Å². The van der Waals surface area contributed by atoms with Gasteiger partial charge < -0.3 is 10.3 Å². The summed E-state index contributed by atoms with van der Waals surface area (Å²) in [4.78, 5) is 26.5. The molecule has 0 aromatic carbocycles. The van der Waals surface area contributed by atoms with Gasteiger partial charge in [0.05, 0.1) is 0 Å². The Balaban J connectivity index is 2.35. The first-order valence-electron chi connectivity index (χ1n) is 6.14. The van der Waals surface area contributed by atoms with Crippen molar-refractivity contribution >= 4 is 5.91 Å². The van der Waals surface area contributed by atoms with Crippen LogP contribution >= 0.6 is 0 Å². The number of H-pyrrole nitrogens is 1. The number of nitrogens with one attached hydrogen (secondary N) is 2. The van der Waals surface area contributed by atoms with Gasteiger partial charge in [0, 0.05) is 11.7 Å². The first kappa shape index (κ1) is 11.9. The van der Waals surface area contributed by atoms with Crippen molar-refractivity contribution in [2.24, 2.45) is 0 Å². The lowest BCUT2D eigenvalue weighted by molar-refractivity contribution is 0.0941. The maximum atomic E-state index is 11.8. The molecule has 4 nitrogen and oxygen atoms in total. The number of carbonyl (C=O) groups excluding carboxylic acids is 1. The molecule has 1 heterocycles. The summed E-state index contributed by atoms with van der Waals surface area (Å²) in [5, 5.41) is 2.75. The molecule has 0 unspecified atom stereocenters. The summed E-state index contributed by atoms with van der Waals surface area (Å²) in [6.07, 6.45) is 4.11. The molecule has 0 spiro atoms. The number of hydrogen-bond donors (Lipinski definition) is 2. The molecule has 0 fully saturated rings. The Morgan fingerprint density at radius 1 is 1.35 bits per heavy atom. The van der Waals surface area contributed by atoms with Crippen molar-refractivity contribution in [3.8, 4) is 0 Å². The number of pyridine rings is 1. The van der Waals surface area contributed by atoms with Gasteiger partial charge in [0.1, 0.15) is 5.56 Å². The molecule has 0 saturated heterocycles. The van der Waals surface area contributed by atoms with Gasteiger partial charge >= 0.3 is 0 Å². The second-order valence-corrected chi connectivity index (χ2v) is 4.85. The van der Waals surface area contributed by atoms with Gasteiger partial charge in [-0.05, 0) is 51.2 Å². The van der Waals surface area contributed by atoms with Crippen LogP contribution in [0.3, 0.4) is 0 Å². The molecule has 0 saturated carbocycles. The van der Waals surface area contributed by atoms with Gasteiger partial charge in [-0.2, -0.15) is 0 Å². The number of aromatic nitrogens is 1. The molecule has 0 radical (unpaired) electrons. The molecular formula is C13H18N2O2. The van der Waals surface area contributed by atoms with Crippen LogP contribution in [0.25, 0.3) is 0 Å². The third kappa shape index (κ3) is 2.57. The highest BCUT2D eigenvalue weighted by Crippen LogP contribution is 2.18. The Kier molecular flexibility index (Phi) is 3.31. The Labute approximate surface area is 100 Å². The highest BCUT2D eigenvalue weighted by molar-refractivity contribution is 5.94. The van der Waals surface area contributed by atoms with Crippen LogP contribution in [-0.2, 0) is 12.8 Å². The number of rotatable bonds is 2. The van der Waals surface area contributed by atoms with Crippen molar-refractivity contribution in [1.29, 1.82) is 0 Å². The molecule has 1 aliphatic carbocycles. The Hall–Kier alpha value is -1.58. The zero-order valence-electron chi connectivity index (χ0n) is 10.3. The molecule has 4 heteroatoms. The van der Waals surface area contributed by atoms with E-state index in [0.29, 0.717) is 0 Å². The summed E-state index contributed by atoms with van der Waals surface area (Å²) in [5.74, 6) is -0.283. The quantitative estimate of drug-likeness (QED) is 0.812. The highest BCUT2D eigenvalue weighted by Gasteiger charge is 2.17. The summed E-state index contributed by atoms with van der Waals surface area (Å²) < 4.78 is 0. The van der Waals surface area contributed by atoms with E-state index in [2.05, 4.69) is 10.3 Å². The summed E-state index contributed by atoms with van der Waals surface area (Å²) in [7, 11) is 0. The van der Waals surface area contributed by atoms with E-state index in [1.807, 2.05) is 13.8 Å². The molecule has 17 heavy (non-hydrogen) atoms. The monoisotopic (exact) mass is 234 g/mol. The van der Waals surface area contributed by atoms with Crippen LogP contribution in [0.1, 0.15) is 48.3 Å². The molecule has 2 rings (SSSR count). The number of hydrogen-bond acceptors (Lipinski definition) is 2. The van der Waals surface area contributed by atoms with Crippen LogP contribution in [0.15, 0.2) is 10.9 Å². The van der Waals surface area contributed by atoms with Crippen LogP contribution in [0, 0.1) is 0 Å². The van der Waals surface area contributed by atoms with Crippen molar-refractivity contribution < 1.29 is 4.79 Å². The SMILES string of the molecule is CC(C)NC(=O)c1cc2c([nH]c1=O)CCCC2. The number of aromatic amines is 1. The molecule has 0 bridgehead atoms. The van der Waals surface area contributed by atoms with E-state index in [9.17, 15) is 9.59 Å². The molecule has 1 amide bonds. The zero-order valence-corrected chi connectivity index (χ0v) is 10.3. The third-order valence-corrected chi connectivity index (χ3v) is 3.00. The zero-order chi connectivity index (χ0) is 12.4. The minimum Gasteiger partial charge on any atom is -0.350 e. The first-order chi connectivity index (χ1) is 8.08. The molecule has 1 aromatic rings. The Morgan fingerprint density at radius 2 is 2.06 bits per heavy atom. The average Bonchev–Trinajstić information content (AvgIpc) is 2.27. The standard InChI is InChI=1S/C13H18N2O2/c1-8(2)14-12(16)10-7-9-5-3-4-6-11(9)15-13(10)17/h7-8H,3-6H2,1-2H3,(H,14,16)(H,15,17). The van der Waals surface area contributed by atoms with Gasteiger partial charge in [0.15, 0.2) is 0 Å². The number of fused-ring (bicyclic) bond motifs is 1. The number of amides is 1. The van der Waals surface area contributed by atoms with Gasteiger partial charge in [-0.3, -0.25) is 9.59 Å². The summed E-state index contributed by atoms with van der Waals surface area (Å²) in [5.41, 5.74) is 2.08. The van der Waals surface area contributed by atoms with E-state index in [1.54, 1.807) is 6.07 Å². The fourth-order valence-electron chi connectivity index (χ4n) is 2.18. The fraction of sp³-hybridized carbons (Fsp3) is 0.538. The smallest absolute Gasteiger partial charge is 0.261 e. The Bertz CT molecular complexity index is 489. The minimum atomic E-state index is -0.283. The molecule has 2 N–H and O–H groups in total. The summed E-state index contributed by atoms with van der Waals surface area (Å²) >= 11 is 0. The molecule has 1 aromatic heterocycles. The van der Waals surface area contributed by atoms with E-state index in [-0.39, 0.29) is 23.1 Å². The van der Waals surface area contributed by atoms with Gasteiger partial charge in [-0.1, -0.05) is 0 Å². The van der Waals surface area contributed by atoms with Crippen molar-refractivity contribution in [2.75, 3.05) is 0 Å². The maximum Gasteiger partial charge on any atom is 0.261 e. The second kappa shape index (κ2) is 4.73. The lowest BCUT2D eigenvalue weighted by atomic mass is 9.95. The highest BCUT2D eigenvalue weighted by atomic mass is 16.2. The number of aryl methyl sites for hydroxylation is 2. The van der Waals surface area contributed by atoms with E-state index in [0.717, 1.165) is 36.9 Å². The first-order valence-corrected chi connectivity index (χ1v) is 6.14. The van der Waals surface area contributed by atoms with Crippen molar-refractivity contribution in [1.82, 2.24) is 10.3 Å². The predicted octanol–water partition coefficient (Wildman–Crippen LogP) is 1.39. The third-order valence-electron chi connectivity index (χ3n) is 3.00. The van der Waals surface area contributed by atoms with Crippen LogP contribution in [0.4, 0.5) is 0 Å². The average molecular weight is 234 g/mol. The summed E-state index contributed by atoms with van der Waals surface area (Å²) in [6, 6.07) is 1.79. The van der Waals surface area contributed by atoms with Gasteiger partial charge in [-0.25, -0.2) is 0 Å². The topological polar surface area (TPSA) is 62.0 Å². The fourth-order valence-corrected chi connectivity index (χ4v) is 2.18. The predicted molar refractivity (Wildman–Crippen MR) is 66.3 cm³/mol. The van der Waals surface area contributed by atoms with Gasteiger partial charge in [-0.15, -0.1) is 0 Å². The van der Waals surface area contributed by atoms with E-state index >= 15 is 0 Å². The van der Waals surface area contributed by atoms with E-state index in [4.69, 9.17) is 0 Å². The van der Waals surface area contributed by atoms with Crippen molar-refractivity contribution in [3.63, 3.8) is 0 Å².